The van der Waals surface area contributed by atoms with Crippen LogP contribution in [0, 0.1) is 0 Å². The monoisotopic (exact) mass is 337 g/mol. The zero-order chi connectivity index (χ0) is 17.2. The van der Waals surface area contributed by atoms with Gasteiger partial charge in [-0.3, -0.25) is 4.79 Å². The summed E-state index contributed by atoms with van der Waals surface area (Å²) in [6.07, 6.45) is 1.83. The Hall–Kier alpha value is -2.33. The lowest BCUT2D eigenvalue weighted by Crippen LogP contribution is -2.34. The molecule has 0 radical (unpaired) electrons. The first-order valence-corrected chi connectivity index (χ1v) is 8.54. The molecule has 122 valence electrons. The Morgan fingerprint density at radius 3 is 2.42 bits per heavy atom. The zero-order valence-electron chi connectivity index (χ0n) is 13.7. The molecule has 1 amide bonds. The maximum atomic E-state index is 12.7. The van der Waals surface area contributed by atoms with Crippen molar-refractivity contribution in [3.8, 4) is 5.75 Å². The Morgan fingerprint density at radius 2 is 1.83 bits per heavy atom. The summed E-state index contributed by atoms with van der Waals surface area (Å²) < 4.78 is 4.52. The largest absolute Gasteiger partial charge is 0.497 e. The van der Waals surface area contributed by atoms with Crippen LogP contribution in [0.3, 0.4) is 0 Å². The second kappa shape index (κ2) is 6.65. The molecule has 24 heavy (non-hydrogen) atoms. The molecule has 1 heterocycles. The van der Waals surface area contributed by atoms with Gasteiger partial charge in [0.1, 0.15) is 15.5 Å². The molecule has 0 aromatic heterocycles. The first-order valence-electron chi connectivity index (χ1n) is 7.72. The van der Waals surface area contributed by atoms with Gasteiger partial charge in [-0.25, -0.2) is 4.99 Å². The van der Waals surface area contributed by atoms with Gasteiger partial charge in [0.2, 0.25) is 0 Å². The van der Waals surface area contributed by atoms with Crippen molar-refractivity contribution in [1.29, 1.82) is 0 Å². The predicted octanol–water partition coefficient (Wildman–Crippen LogP) is 4.44. The van der Waals surface area contributed by atoms with Crippen molar-refractivity contribution in [2.75, 3.05) is 7.11 Å². The number of ether oxygens (including phenoxy) is 1. The van der Waals surface area contributed by atoms with Crippen molar-refractivity contribution >= 4 is 22.7 Å². The number of methoxy groups -OCH3 is 1. The fourth-order valence-corrected chi connectivity index (χ4v) is 4.14. The van der Waals surface area contributed by atoms with Gasteiger partial charge >= 0.3 is 0 Å². The molecular weight excluding hydrogens is 318 g/mol. The topological polar surface area (TPSA) is 38.7 Å². The first kappa shape index (κ1) is 16.5. The van der Waals surface area contributed by atoms with E-state index in [1.165, 1.54) is 11.8 Å². The van der Waals surface area contributed by atoms with Crippen LogP contribution in [0.5, 0.6) is 5.75 Å². The third kappa shape index (κ3) is 2.89. The summed E-state index contributed by atoms with van der Waals surface area (Å²) >= 11 is 1.51. The van der Waals surface area contributed by atoms with Crippen molar-refractivity contribution in [3.05, 3.63) is 78.4 Å². The summed E-state index contributed by atoms with van der Waals surface area (Å²) in [4.78, 5) is 17.0. The molecule has 2 aromatic carbocycles. The molecule has 0 N–H and O–H groups in total. The van der Waals surface area contributed by atoms with Gasteiger partial charge in [-0.2, -0.15) is 0 Å². The molecular formula is C20H19NO2S. The van der Waals surface area contributed by atoms with Crippen molar-refractivity contribution in [1.82, 2.24) is 0 Å². The van der Waals surface area contributed by atoms with E-state index in [0.29, 0.717) is 0 Å². The van der Waals surface area contributed by atoms with Gasteiger partial charge in [-0.1, -0.05) is 60.3 Å². The maximum absolute atomic E-state index is 12.7. The molecule has 1 aliphatic heterocycles. The molecule has 3 rings (SSSR count). The molecule has 3 nitrogen and oxygen atoms in total. The minimum atomic E-state index is -0.693. The summed E-state index contributed by atoms with van der Waals surface area (Å²) in [5, 5.41) is 0.767. The lowest BCUT2D eigenvalue weighted by molar-refractivity contribution is -0.119. The number of nitrogens with zero attached hydrogens (tertiary/aromatic N) is 1. The van der Waals surface area contributed by atoms with E-state index >= 15 is 0 Å². The molecule has 0 spiro atoms. The SMILES string of the molecule is C=C[C@H](c1ccc(OC)cc1)[C@@]1(C)SC(c2ccccc2)=NC1=O. The smallest absolute Gasteiger partial charge is 0.264 e. The Bertz CT molecular complexity index is 783. The summed E-state index contributed by atoms with van der Waals surface area (Å²) in [5.74, 6) is 0.538. The normalized spacial score (nSPS) is 21.2. The molecule has 2 aromatic rings. The van der Waals surface area contributed by atoms with Crippen LogP contribution in [0.25, 0.3) is 0 Å². The molecule has 0 saturated carbocycles. The van der Waals surface area contributed by atoms with Crippen LogP contribution in [0.4, 0.5) is 0 Å². The molecule has 1 aliphatic rings. The second-order valence-corrected chi connectivity index (χ2v) is 7.22. The second-order valence-electron chi connectivity index (χ2n) is 5.78. The van der Waals surface area contributed by atoms with E-state index in [0.717, 1.165) is 21.9 Å². The fourth-order valence-electron chi connectivity index (χ4n) is 2.86. The Kier molecular flexibility index (Phi) is 4.58. The van der Waals surface area contributed by atoms with Gasteiger partial charge in [0.05, 0.1) is 7.11 Å². The van der Waals surface area contributed by atoms with Gasteiger partial charge in [0, 0.05) is 11.5 Å². The van der Waals surface area contributed by atoms with E-state index in [1.807, 2.05) is 67.6 Å². The number of hydrogen-bond acceptors (Lipinski definition) is 3. The number of carbonyl (C=O) groups is 1. The third-order valence-electron chi connectivity index (χ3n) is 4.26. The maximum Gasteiger partial charge on any atom is 0.264 e. The van der Waals surface area contributed by atoms with E-state index in [-0.39, 0.29) is 11.8 Å². The van der Waals surface area contributed by atoms with E-state index in [1.54, 1.807) is 7.11 Å². The average molecular weight is 337 g/mol. The van der Waals surface area contributed by atoms with Crippen LogP contribution in [0.1, 0.15) is 24.0 Å². The van der Waals surface area contributed by atoms with E-state index in [2.05, 4.69) is 11.6 Å². The van der Waals surface area contributed by atoms with Crippen LogP contribution < -0.4 is 4.74 Å². The number of thioether (sulfide) groups is 1. The minimum Gasteiger partial charge on any atom is -0.497 e. The number of benzene rings is 2. The van der Waals surface area contributed by atoms with Crippen molar-refractivity contribution in [2.24, 2.45) is 4.99 Å². The fraction of sp³-hybridized carbons (Fsp3) is 0.200. The van der Waals surface area contributed by atoms with Crippen LogP contribution in [0.15, 0.2) is 72.2 Å². The molecule has 0 unspecified atom stereocenters. The number of hydrogen-bond donors (Lipinski definition) is 0. The Balaban J connectivity index is 1.91. The average Bonchev–Trinajstić information content (AvgIpc) is 2.93. The van der Waals surface area contributed by atoms with Gasteiger partial charge in [-0.15, -0.1) is 6.58 Å². The minimum absolute atomic E-state index is 0.118. The van der Waals surface area contributed by atoms with E-state index < -0.39 is 4.75 Å². The van der Waals surface area contributed by atoms with Crippen LogP contribution in [-0.4, -0.2) is 22.8 Å². The summed E-state index contributed by atoms with van der Waals surface area (Å²) in [6.45, 7) is 5.89. The lowest BCUT2D eigenvalue weighted by atomic mass is 9.86. The number of rotatable bonds is 5. The van der Waals surface area contributed by atoms with Crippen molar-refractivity contribution in [2.45, 2.75) is 17.6 Å². The molecule has 0 fully saturated rings. The van der Waals surface area contributed by atoms with Gasteiger partial charge in [-0.05, 0) is 24.6 Å². The lowest BCUT2D eigenvalue weighted by Gasteiger charge is -2.29. The quantitative estimate of drug-likeness (QED) is 0.757. The van der Waals surface area contributed by atoms with Gasteiger partial charge in [0.15, 0.2) is 0 Å². The first-order chi connectivity index (χ1) is 11.6. The van der Waals surface area contributed by atoms with E-state index in [9.17, 15) is 4.79 Å². The molecule has 4 heteroatoms. The number of carbonyl (C=O) groups excluding carboxylic acids is 1. The molecule has 0 bridgehead atoms. The standard InChI is InChI=1S/C20H19NO2S/c1-4-17(14-10-12-16(23-3)13-11-14)20(2)19(22)21-18(24-20)15-8-6-5-7-9-15/h4-13,17H,1H2,2-3H3/t17-,20-/m1/s1. The Morgan fingerprint density at radius 1 is 1.17 bits per heavy atom. The van der Waals surface area contributed by atoms with Gasteiger partial charge in [0.25, 0.3) is 5.91 Å². The number of allylic oxidation sites excluding steroid dienone is 1. The van der Waals surface area contributed by atoms with Crippen molar-refractivity contribution in [3.63, 3.8) is 0 Å². The third-order valence-corrected chi connectivity index (χ3v) is 5.63. The predicted molar refractivity (Wildman–Crippen MR) is 99.9 cm³/mol. The van der Waals surface area contributed by atoms with Crippen LogP contribution in [0.2, 0.25) is 0 Å². The van der Waals surface area contributed by atoms with Crippen LogP contribution >= 0.6 is 11.8 Å². The summed E-state index contributed by atoms with van der Waals surface area (Å²) in [6, 6.07) is 17.6. The number of amides is 1. The Labute approximate surface area is 146 Å². The molecule has 0 aliphatic carbocycles. The van der Waals surface area contributed by atoms with Crippen LogP contribution in [-0.2, 0) is 4.79 Å². The molecule has 0 saturated heterocycles. The highest BCUT2D eigenvalue weighted by Crippen LogP contribution is 2.46. The van der Waals surface area contributed by atoms with Gasteiger partial charge < -0.3 is 4.74 Å². The zero-order valence-corrected chi connectivity index (χ0v) is 14.5. The highest BCUT2D eigenvalue weighted by atomic mass is 32.2. The van der Waals surface area contributed by atoms with Crippen molar-refractivity contribution < 1.29 is 9.53 Å². The van der Waals surface area contributed by atoms with E-state index in [4.69, 9.17) is 4.74 Å². The number of aliphatic imine (C=N–C) groups is 1. The molecule has 2 atom stereocenters. The summed E-state index contributed by atoms with van der Waals surface area (Å²) in [5.41, 5.74) is 2.00. The highest BCUT2D eigenvalue weighted by Gasteiger charge is 2.47. The summed E-state index contributed by atoms with van der Waals surface area (Å²) in [7, 11) is 1.64. The highest BCUT2D eigenvalue weighted by molar-refractivity contribution is 8.16.